The Morgan fingerprint density at radius 1 is 1.19 bits per heavy atom. The summed E-state index contributed by atoms with van der Waals surface area (Å²) in [5.41, 5.74) is 0.520. The van der Waals surface area contributed by atoms with Gasteiger partial charge in [0.05, 0.1) is 10.7 Å². The van der Waals surface area contributed by atoms with Crippen LogP contribution in [0, 0.1) is 10.1 Å². The number of hydrogen-bond donors (Lipinski definition) is 1. The second-order valence-corrected chi connectivity index (χ2v) is 6.65. The molecule has 0 aliphatic rings. The molecule has 1 amide bonds. The lowest BCUT2D eigenvalue weighted by molar-refractivity contribution is -0.384. The Morgan fingerprint density at radius 3 is 2.38 bits per heavy atom. The minimum absolute atomic E-state index is 0.0175. The normalized spacial score (nSPS) is 11.5. The van der Waals surface area contributed by atoms with Crippen LogP contribution in [-0.2, 0) is 14.3 Å². The maximum Gasteiger partial charge on any atom is 0.317 e. The molecule has 0 saturated carbocycles. The topological polar surface area (TPSA) is 98.5 Å². The number of ether oxygens (including phenoxy) is 1. The molecule has 2 rings (SSSR count). The van der Waals surface area contributed by atoms with Crippen molar-refractivity contribution in [3.8, 4) is 0 Å². The van der Waals surface area contributed by atoms with Crippen LogP contribution in [0.2, 0.25) is 5.02 Å². The molecule has 0 aliphatic carbocycles. The summed E-state index contributed by atoms with van der Waals surface area (Å²) in [6.07, 6.45) is -0.962. The highest BCUT2D eigenvalue weighted by Gasteiger charge is 2.18. The quantitative estimate of drug-likeness (QED) is 0.331. The van der Waals surface area contributed by atoms with E-state index in [0.29, 0.717) is 15.6 Å². The third-order valence-electron chi connectivity index (χ3n) is 3.19. The van der Waals surface area contributed by atoms with E-state index in [-0.39, 0.29) is 11.4 Å². The summed E-state index contributed by atoms with van der Waals surface area (Å²) in [6.45, 7) is 1.47. The van der Waals surface area contributed by atoms with Gasteiger partial charge in [0.15, 0.2) is 6.10 Å². The lowest BCUT2D eigenvalue weighted by Crippen LogP contribution is -2.30. The summed E-state index contributed by atoms with van der Waals surface area (Å²) in [6, 6.07) is 12.4. The molecule has 9 heteroatoms. The van der Waals surface area contributed by atoms with E-state index in [0.717, 1.165) is 11.8 Å². The number of benzene rings is 2. The van der Waals surface area contributed by atoms with E-state index in [1.165, 1.54) is 19.1 Å². The van der Waals surface area contributed by atoms with Gasteiger partial charge in [-0.25, -0.2) is 0 Å². The molecule has 0 unspecified atom stereocenters. The number of nitrogens with one attached hydrogen (secondary N) is 1. The zero-order chi connectivity index (χ0) is 19.1. The Hall–Kier alpha value is -2.58. The lowest BCUT2D eigenvalue weighted by atomic mass is 10.3. The van der Waals surface area contributed by atoms with Crippen molar-refractivity contribution in [3.05, 3.63) is 63.7 Å². The van der Waals surface area contributed by atoms with Gasteiger partial charge in [0.1, 0.15) is 0 Å². The summed E-state index contributed by atoms with van der Waals surface area (Å²) < 4.78 is 5.09. The molecule has 136 valence electrons. The molecule has 0 spiro atoms. The van der Waals surface area contributed by atoms with E-state index in [2.05, 4.69) is 5.32 Å². The molecule has 1 atom stereocenters. The van der Waals surface area contributed by atoms with Gasteiger partial charge in [-0.05, 0) is 43.3 Å². The average Bonchev–Trinajstić information content (AvgIpc) is 2.62. The van der Waals surface area contributed by atoms with Gasteiger partial charge in [0, 0.05) is 27.7 Å². The number of carbonyl (C=O) groups is 2. The van der Waals surface area contributed by atoms with Crippen molar-refractivity contribution in [2.45, 2.75) is 17.9 Å². The first-order valence-corrected chi connectivity index (χ1v) is 8.84. The highest BCUT2D eigenvalue weighted by Crippen LogP contribution is 2.21. The Bertz CT molecular complexity index is 796. The minimum Gasteiger partial charge on any atom is -0.452 e. The number of nitro groups is 1. The van der Waals surface area contributed by atoms with E-state index in [9.17, 15) is 19.7 Å². The van der Waals surface area contributed by atoms with Crippen LogP contribution in [0.4, 0.5) is 11.4 Å². The SMILES string of the molecule is C[C@@H](OC(=O)CSc1ccc([N+](=O)[O-])cc1)C(=O)Nc1ccc(Cl)cc1. The van der Waals surface area contributed by atoms with Crippen molar-refractivity contribution >= 4 is 46.6 Å². The second-order valence-electron chi connectivity index (χ2n) is 5.17. The van der Waals surface area contributed by atoms with Crippen molar-refractivity contribution in [3.63, 3.8) is 0 Å². The predicted molar refractivity (Wildman–Crippen MR) is 99.5 cm³/mol. The third kappa shape index (κ3) is 6.05. The maximum absolute atomic E-state index is 12.0. The summed E-state index contributed by atoms with van der Waals surface area (Å²) >= 11 is 6.94. The van der Waals surface area contributed by atoms with Crippen LogP contribution in [-0.4, -0.2) is 28.7 Å². The van der Waals surface area contributed by atoms with Crippen LogP contribution >= 0.6 is 23.4 Å². The van der Waals surface area contributed by atoms with Gasteiger partial charge in [-0.1, -0.05) is 11.6 Å². The number of amides is 1. The zero-order valence-electron chi connectivity index (χ0n) is 13.7. The highest BCUT2D eigenvalue weighted by atomic mass is 35.5. The fraction of sp³-hybridized carbons (Fsp3) is 0.176. The highest BCUT2D eigenvalue weighted by molar-refractivity contribution is 8.00. The van der Waals surface area contributed by atoms with Crippen LogP contribution in [0.5, 0.6) is 0 Å². The molecule has 26 heavy (non-hydrogen) atoms. The molecular formula is C17H15ClN2O5S. The van der Waals surface area contributed by atoms with Gasteiger partial charge in [0.25, 0.3) is 11.6 Å². The Labute approximate surface area is 158 Å². The molecule has 2 aromatic carbocycles. The largest absolute Gasteiger partial charge is 0.452 e. The Kier molecular flexibility index (Phi) is 6.99. The zero-order valence-corrected chi connectivity index (χ0v) is 15.3. The van der Waals surface area contributed by atoms with Gasteiger partial charge in [0.2, 0.25) is 0 Å². The fourth-order valence-electron chi connectivity index (χ4n) is 1.87. The number of rotatable bonds is 7. The number of hydrogen-bond acceptors (Lipinski definition) is 6. The molecule has 0 fully saturated rings. The summed E-state index contributed by atoms with van der Waals surface area (Å²) in [7, 11) is 0. The second kappa shape index (κ2) is 9.21. The smallest absolute Gasteiger partial charge is 0.317 e. The molecular weight excluding hydrogens is 380 g/mol. The fourth-order valence-corrected chi connectivity index (χ4v) is 2.68. The van der Waals surface area contributed by atoms with Gasteiger partial charge < -0.3 is 10.1 Å². The number of esters is 1. The van der Waals surface area contributed by atoms with E-state index in [4.69, 9.17) is 16.3 Å². The Balaban J connectivity index is 1.79. The molecule has 0 aliphatic heterocycles. The summed E-state index contributed by atoms with van der Waals surface area (Å²) in [5.74, 6) is -1.04. The number of non-ortho nitro benzene ring substituents is 1. The van der Waals surface area contributed by atoms with E-state index in [1.54, 1.807) is 36.4 Å². The van der Waals surface area contributed by atoms with E-state index >= 15 is 0 Å². The minimum atomic E-state index is -0.962. The average molecular weight is 395 g/mol. The number of nitrogens with zero attached hydrogens (tertiary/aromatic N) is 1. The van der Waals surface area contributed by atoms with Crippen molar-refractivity contribution in [1.82, 2.24) is 0 Å². The number of anilines is 1. The molecule has 7 nitrogen and oxygen atoms in total. The first kappa shape index (κ1) is 19.7. The van der Waals surface area contributed by atoms with Gasteiger partial charge in [-0.2, -0.15) is 0 Å². The summed E-state index contributed by atoms with van der Waals surface area (Å²) in [5, 5.41) is 13.8. The molecule has 0 aromatic heterocycles. The molecule has 1 N–H and O–H groups in total. The molecule has 0 bridgehead atoms. The maximum atomic E-state index is 12.0. The van der Waals surface area contributed by atoms with Gasteiger partial charge >= 0.3 is 5.97 Å². The van der Waals surface area contributed by atoms with Crippen molar-refractivity contribution in [2.24, 2.45) is 0 Å². The molecule has 0 saturated heterocycles. The number of halogens is 1. The number of thioether (sulfide) groups is 1. The number of carbonyl (C=O) groups excluding carboxylic acids is 2. The molecule has 2 aromatic rings. The van der Waals surface area contributed by atoms with Crippen LogP contribution in [0.15, 0.2) is 53.4 Å². The van der Waals surface area contributed by atoms with Crippen molar-refractivity contribution in [2.75, 3.05) is 11.1 Å². The molecule has 0 heterocycles. The Morgan fingerprint density at radius 2 is 1.81 bits per heavy atom. The third-order valence-corrected chi connectivity index (χ3v) is 4.43. The van der Waals surface area contributed by atoms with Crippen LogP contribution in [0.1, 0.15) is 6.92 Å². The molecule has 0 radical (unpaired) electrons. The van der Waals surface area contributed by atoms with Crippen LogP contribution in [0.3, 0.4) is 0 Å². The first-order chi connectivity index (χ1) is 12.3. The standard InChI is InChI=1S/C17H15ClN2O5S/c1-11(17(22)19-13-4-2-12(18)3-5-13)25-16(21)10-26-15-8-6-14(7-9-15)20(23)24/h2-9,11H,10H2,1H3,(H,19,22)/t11-/m1/s1. The summed E-state index contributed by atoms with van der Waals surface area (Å²) in [4.78, 5) is 34.7. The number of nitro benzene ring substituents is 1. The van der Waals surface area contributed by atoms with Crippen LogP contribution in [0.25, 0.3) is 0 Å². The van der Waals surface area contributed by atoms with Crippen molar-refractivity contribution < 1.29 is 19.2 Å². The van der Waals surface area contributed by atoms with Crippen LogP contribution < -0.4 is 5.32 Å². The van der Waals surface area contributed by atoms with E-state index < -0.39 is 22.9 Å². The van der Waals surface area contributed by atoms with E-state index in [1.807, 2.05) is 0 Å². The first-order valence-electron chi connectivity index (χ1n) is 7.48. The lowest BCUT2D eigenvalue weighted by Gasteiger charge is -2.13. The van der Waals surface area contributed by atoms with Crippen molar-refractivity contribution in [1.29, 1.82) is 0 Å². The van der Waals surface area contributed by atoms with Gasteiger partial charge in [-0.3, -0.25) is 19.7 Å². The predicted octanol–water partition coefficient (Wildman–Crippen LogP) is 3.91. The van der Waals surface area contributed by atoms with Gasteiger partial charge in [-0.15, -0.1) is 11.8 Å². The monoisotopic (exact) mass is 394 g/mol.